The van der Waals surface area contributed by atoms with Gasteiger partial charge in [0.1, 0.15) is 5.01 Å². The molecule has 0 fully saturated rings. The zero-order chi connectivity index (χ0) is 16.4. The van der Waals surface area contributed by atoms with Crippen LogP contribution in [0.25, 0.3) is 21.3 Å². The second-order valence-electron chi connectivity index (χ2n) is 4.72. The minimum absolute atomic E-state index is 0.465. The maximum Gasteiger partial charge on any atom is 0.179 e. The summed E-state index contributed by atoms with van der Waals surface area (Å²) in [5.41, 5.74) is 1.75. The Morgan fingerprint density at radius 3 is 2.65 bits per heavy atom. The van der Waals surface area contributed by atoms with Gasteiger partial charge in [0.2, 0.25) is 0 Å². The Kier molecular flexibility index (Phi) is 4.76. The standard InChI is InChI=1S/C17H13Cl2NO2S/c1-21-14-9-10(7-11(18)16(14)22-2)8-12(19)17-20-13-5-3-4-6-15(13)23-17/h3-9H,1-2H3/b12-8-. The van der Waals surface area contributed by atoms with Gasteiger partial charge in [0.25, 0.3) is 0 Å². The van der Waals surface area contributed by atoms with Gasteiger partial charge in [0.05, 0.1) is 34.5 Å². The first-order chi connectivity index (χ1) is 11.1. The quantitative estimate of drug-likeness (QED) is 0.593. The number of nitrogens with zero attached hydrogens (tertiary/aromatic N) is 1. The van der Waals surface area contributed by atoms with Crippen LogP contribution in [0.4, 0.5) is 0 Å². The molecule has 0 aliphatic heterocycles. The van der Waals surface area contributed by atoms with Crippen LogP contribution in [0.3, 0.4) is 0 Å². The minimum atomic E-state index is 0.465. The Bertz CT molecular complexity index is 856. The Labute approximate surface area is 148 Å². The van der Waals surface area contributed by atoms with Gasteiger partial charge in [-0.2, -0.15) is 0 Å². The molecular formula is C17H13Cl2NO2S. The summed E-state index contributed by atoms with van der Waals surface area (Å²) in [4.78, 5) is 4.54. The number of hydrogen-bond acceptors (Lipinski definition) is 4. The Hall–Kier alpha value is -1.75. The number of ether oxygens (including phenoxy) is 2. The molecule has 1 heterocycles. The maximum atomic E-state index is 6.43. The van der Waals surface area contributed by atoms with Crippen molar-refractivity contribution < 1.29 is 9.47 Å². The normalized spacial score (nSPS) is 11.7. The number of halogens is 2. The van der Waals surface area contributed by atoms with Crippen molar-refractivity contribution in [3.05, 3.63) is 52.0 Å². The number of aromatic nitrogens is 1. The molecular weight excluding hydrogens is 353 g/mol. The summed E-state index contributed by atoms with van der Waals surface area (Å²) in [5, 5.41) is 1.78. The van der Waals surface area contributed by atoms with Crippen LogP contribution in [0, 0.1) is 0 Å². The van der Waals surface area contributed by atoms with E-state index in [2.05, 4.69) is 4.98 Å². The van der Waals surface area contributed by atoms with Crippen molar-refractivity contribution in [2.24, 2.45) is 0 Å². The lowest BCUT2D eigenvalue weighted by Crippen LogP contribution is -1.92. The van der Waals surface area contributed by atoms with Crippen molar-refractivity contribution in [3.8, 4) is 11.5 Å². The van der Waals surface area contributed by atoms with E-state index in [4.69, 9.17) is 32.7 Å². The zero-order valence-electron chi connectivity index (χ0n) is 12.5. The fourth-order valence-electron chi connectivity index (χ4n) is 2.20. The lowest BCUT2D eigenvalue weighted by molar-refractivity contribution is 0.355. The molecule has 3 rings (SSSR count). The van der Waals surface area contributed by atoms with Crippen LogP contribution in [0.15, 0.2) is 36.4 Å². The zero-order valence-corrected chi connectivity index (χ0v) is 14.8. The van der Waals surface area contributed by atoms with E-state index in [0.29, 0.717) is 21.6 Å². The van der Waals surface area contributed by atoms with Crippen LogP contribution in [-0.2, 0) is 0 Å². The second kappa shape index (κ2) is 6.79. The van der Waals surface area contributed by atoms with Crippen LogP contribution in [-0.4, -0.2) is 19.2 Å². The highest BCUT2D eigenvalue weighted by atomic mass is 35.5. The Morgan fingerprint density at radius 1 is 1.17 bits per heavy atom. The first kappa shape index (κ1) is 16.1. The molecule has 1 aromatic heterocycles. The topological polar surface area (TPSA) is 31.4 Å². The van der Waals surface area contributed by atoms with E-state index in [0.717, 1.165) is 20.8 Å². The van der Waals surface area contributed by atoms with Gasteiger partial charge in [0.15, 0.2) is 11.5 Å². The van der Waals surface area contributed by atoms with Gasteiger partial charge >= 0.3 is 0 Å². The van der Waals surface area contributed by atoms with Gasteiger partial charge in [-0.15, -0.1) is 11.3 Å². The third-order valence-electron chi connectivity index (χ3n) is 3.25. The highest BCUT2D eigenvalue weighted by Crippen LogP contribution is 2.38. The van der Waals surface area contributed by atoms with Crippen LogP contribution in [0.2, 0.25) is 5.02 Å². The molecule has 0 spiro atoms. The summed E-state index contributed by atoms with van der Waals surface area (Å²) < 4.78 is 11.6. The first-order valence-electron chi connectivity index (χ1n) is 6.77. The lowest BCUT2D eigenvalue weighted by Gasteiger charge is -2.10. The van der Waals surface area contributed by atoms with Gasteiger partial charge in [-0.1, -0.05) is 35.3 Å². The van der Waals surface area contributed by atoms with Crippen LogP contribution < -0.4 is 9.47 Å². The van der Waals surface area contributed by atoms with E-state index in [9.17, 15) is 0 Å². The summed E-state index contributed by atoms with van der Waals surface area (Å²) in [6.07, 6.45) is 1.81. The van der Waals surface area contributed by atoms with Crippen molar-refractivity contribution in [1.82, 2.24) is 4.98 Å². The summed E-state index contributed by atoms with van der Waals surface area (Å²) in [6.45, 7) is 0. The molecule has 118 valence electrons. The van der Waals surface area contributed by atoms with Gasteiger partial charge in [-0.3, -0.25) is 0 Å². The number of methoxy groups -OCH3 is 2. The predicted molar refractivity (Wildman–Crippen MR) is 97.9 cm³/mol. The molecule has 0 N–H and O–H groups in total. The molecule has 0 aliphatic carbocycles. The summed E-state index contributed by atoms with van der Waals surface area (Å²) >= 11 is 14.2. The molecule has 3 aromatic rings. The van der Waals surface area contributed by atoms with E-state index >= 15 is 0 Å². The summed E-state index contributed by atoms with van der Waals surface area (Å²) in [7, 11) is 3.12. The number of fused-ring (bicyclic) bond motifs is 1. The fourth-order valence-corrected chi connectivity index (χ4v) is 3.66. The monoisotopic (exact) mass is 365 g/mol. The van der Waals surface area contributed by atoms with Gasteiger partial charge in [-0.25, -0.2) is 4.98 Å². The van der Waals surface area contributed by atoms with Gasteiger partial charge < -0.3 is 9.47 Å². The van der Waals surface area contributed by atoms with E-state index < -0.39 is 0 Å². The fraction of sp³-hybridized carbons (Fsp3) is 0.118. The molecule has 0 atom stereocenters. The lowest BCUT2D eigenvalue weighted by atomic mass is 10.2. The molecule has 0 saturated carbocycles. The van der Waals surface area contributed by atoms with E-state index in [1.807, 2.05) is 36.4 Å². The van der Waals surface area contributed by atoms with Crippen LogP contribution >= 0.6 is 34.5 Å². The molecule has 0 aliphatic rings. The van der Waals surface area contributed by atoms with Crippen LogP contribution in [0.5, 0.6) is 11.5 Å². The molecule has 0 unspecified atom stereocenters. The van der Waals surface area contributed by atoms with Crippen LogP contribution in [0.1, 0.15) is 10.6 Å². The molecule has 0 bridgehead atoms. The number of thiazole rings is 1. The molecule has 6 heteroatoms. The smallest absolute Gasteiger partial charge is 0.179 e. The largest absolute Gasteiger partial charge is 0.493 e. The van der Waals surface area contributed by atoms with Crippen molar-refractivity contribution in [2.75, 3.05) is 14.2 Å². The average molecular weight is 366 g/mol. The van der Waals surface area contributed by atoms with Gasteiger partial charge in [0, 0.05) is 0 Å². The summed E-state index contributed by atoms with van der Waals surface area (Å²) in [5.74, 6) is 1.06. The van der Waals surface area contributed by atoms with Gasteiger partial charge in [-0.05, 0) is 35.9 Å². The number of para-hydroxylation sites is 1. The van der Waals surface area contributed by atoms with Crippen molar-refractivity contribution in [1.29, 1.82) is 0 Å². The number of rotatable bonds is 4. The number of hydrogen-bond donors (Lipinski definition) is 0. The molecule has 0 amide bonds. The molecule has 0 radical (unpaired) electrons. The Balaban J connectivity index is 2.01. The van der Waals surface area contributed by atoms with E-state index in [1.54, 1.807) is 31.6 Å². The van der Waals surface area contributed by atoms with Crippen molar-refractivity contribution in [2.45, 2.75) is 0 Å². The van der Waals surface area contributed by atoms with E-state index in [-0.39, 0.29) is 0 Å². The maximum absolute atomic E-state index is 6.43. The molecule has 0 saturated heterocycles. The third-order valence-corrected chi connectivity index (χ3v) is 5.00. The SMILES string of the molecule is COc1cc(/C=C(\Cl)c2nc3ccccc3s2)cc(Cl)c1OC. The molecule has 2 aromatic carbocycles. The molecule has 3 nitrogen and oxygen atoms in total. The molecule has 23 heavy (non-hydrogen) atoms. The highest BCUT2D eigenvalue weighted by molar-refractivity contribution is 7.20. The minimum Gasteiger partial charge on any atom is -0.493 e. The second-order valence-corrected chi connectivity index (χ2v) is 6.56. The summed E-state index contributed by atoms with van der Waals surface area (Å²) in [6, 6.07) is 11.5. The average Bonchev–Trinajstić information content (AvgIpc) is 2.98. The Morgan fingerprint density at radius 2 is 1.96 bits per heavy atom. The number of benzene rings is 2. The van der Waals surface area contributed by atoms with Crippen molar-refractivity contribution >= 4 is 55.9 Å². The highest BCUT2D eigenvalue weighted by Gasteiger charge is 2.12. The predicted octanol–water partition coefficient (Wildman–Crippen LogP) is 5.70. The first-order valence-corrected chi connectivity index (χ1v) is 8.34. The van der Waals surface area contributed by atoms with E-state index in [1.165, 1.54) is 0 Å². The third kappa shape index (κ3) is 3.29. The van der Waals surface area contributed by atoms with Crippen molar-refractivity contribution in [3.63, 3.8) is 0 Å².